The third-order valence-corrected chi connectivity index (χ3v) is 5.39. The minimum Gasteiger partial charge on any atom is -0.274 e. The van der Waals surface area contributed by atoms with Crippen molar-refractivity contribution in [1.29, 1.82) is 0 Å². The van der Waals surface area contributed by atoms with Gasteiger partial charge in [0.25, 0.3) is 5.91 Å². The van der Waals surface area contributed by atoms with Gasteiger partial charge in [0, 0.05) is 25.6 Å². The highest BCUT2D eigenvalue weighted by Gasteiger charge is 2.29. The lowest BCUT2D eigenvalue weighted by atomic mass is 10.2. The fourth-order valence-corrected chi connectivity index (χ4v) is 3.91. The second kappa shape index (κ2) is 7.05. The van der Waals surface area contributed by atoms with E-state index in [1.54, 1.807) is 0 Å². The number of piperidine rings is 1. The number of benzene rings is 1. The monoisotopic (exact) mass is 343 g/mol. The molecule has 7 nitrogen and oxygen atoms in total. The summed E-state index contributed by atoms with van der Waals surface area (Å²) in [7, 11) is -3.99. The predicted molar refractivity (Wildman–Crippen MR) is 80.3 cm³/mol. The van der Waals surface area contributed by atoms with Gasteiger partial charge < -0.3 is 0 Å². The van der Waals surface area contributed by atoms with Gasteiger partial charge in [-0.3, -0.25) is 20.4 Å². The molecular weight excluding hydrogens is 325 g/mol. The Labute approximate surface area is 133 Å². The molecule has 1 heterocycles. The van der Waals surface area contributed by atoms with E-state index >= 15 is 0 Å². The van der Waals surface area contributed by atoms with Crippen LogP contribution in [-0.2, 0) is 14.8 Å². The predicted octanol–water partition coefficient (Wildman–Crippen LogP) is 0.781. The van der Waals surface area contributed by atoms with Crippen molar-refractivity contribution in [2.24, 2.45) is 0 Å². The third-order valence-electron chi connectivity index (χ3n) is 3.48. The lowest BCUT2D eigenvalue weighted by Crippen LogP contribution is -2.40. The Bertz CT molecular complexity index is 715. The summed E-state index contributed by atoms with van der Waals surface area (Å²) in [6, 6.07) is 3.07. The van der Waals surface area contributed by atoms with E-state index in [1.165, 1.54) is 11.2 Å². The zero-order valence-corrected chi connectivity index (χ0v) is 13.5. The Kier molecular flexibility index (Phi) is 5.32. The van der Waals surface area contributed by atoms with Crippen LogP contribution in [0.25, 0.3) is 0 Å². The molecular formula is C14H18FN3O4S. The van der Waals surface area contributed by atoms with Crippen LogP contribution in [0, 0.1) is 5.82 Å². The van der Waals surface area contributed by atoms with Crippen LogP contribution in [-0.4, -0.2) is 37.6 Å². The average molecular weight is 343 g/mol. The zero-order valence-electron chi connectivity index (χ0n) is 12.6. The molecule has 0 atom stereocenters. The Hall–Kier alpha value is -2.00. The van der Waals surface area contributed by atoms with E-state index in [-0.39, 0.29) is 5.56 Å². The van der Waals surface area contributed by atoms with Crippen molar-refractivity contribution in [2.75, 3.05) is 13.1 Å². The molecule has 9 heteroatoms. The molecule has 0 bridgehead atoms. The highest BCUT2D eigenvalue weighted by atomic mass is 32.2. The van der Waals surface area contributed by atoms with Gasteiger partial charge in [-0.25, -0.2) is 12.8 Å². The molecule has 0 saturated carbocycles. The van der Waals surface area contributed by atoms with Gasteiger partial charge in [-0.05, 0) is 31.0 Å². The number of carbonyl (C=O) groups excluding carboxylic acids is 2. The largest absolute Gasteiger partial charge is 0.274 e. The fraction of sp³-hybridized carbons (Fsp3) is 0.429. The van der Waals surface area contributed by atoms with Crippen LogP contribution in [0.2, 0.25) is 0 Å². The van der Waals surface area contributed by atoms with Crippen LogP contribution < -0.4 is 10.9 Å². The molecule has 0 unspecified atom stereocenters. The first kappa shape index (κ1) is 17.4. The van der Waals surface area contributed by atoms with Gasteiger partial charge in [-0.2, -0.15) is 4.31 Å². The van der Waals surface area contributed by atoms with Gasteiger partial charge >= 0.3 is 0 Å². The number of carbonyl (C=O) groups is 2. The summed E-state index contributed by atoms with van der Waals surface area (Å²) in [6.45, 7) is 1.88. The average Bonchev–Trinajstić information content (AvgIpc) is 2.53. The van der Waals surface area contributed by atoms with E-state index in [1.807, 2.05) is 0 Å². The molecule has 1 aliphatic rings. The summed E-state index contributed by atoms with van der Waals surface area (Å²) < 4.78 is 40.3. The molecule has 2 rings (SSSR count). The number of sulfonamides is 1. The van der Waals surface area contributed by atoms with Crippen LogP contribution in [0.4, 0.5) is 4.39 Å². The summed E-state index contributed by atoms with van der Waals surface area (Å²) in [5, 5.41) is 0. The second-order valence-electron chi connectivity index (χ2n) is 5.25. The highest BCUT2D eigenvalue weighted by molar-refractivity contribution is 7.89. The molecule has 1 saturated heterocycles. The molecule has 0 radical (unpaired) electrons. The molecule has 1 aromatic carbocycles. The summed E-state index contributed by atoms with van der Waals surface area (Å²) >= 11 is 0. The molecule has 2 amide bonds. The Morgan fingerprint density at radius 1 is 1.13 bits per heavy atom. The fourth-order valence-electron chi connectivity index (χ4n) is 2.30. The number of rotatable bonds is 3. The van der Waals surface area contributed by atoms with Crippen molar-refractivity contribution >= 4 is 21.8 Å². The van der Waals surface area contributed by atoms with Gasteiger partial charge in [0.2, 0.25) is 15.9 Å². The summed E-state index contributed by atoms with van der Waals surface area (Å²) in [6.07, 6.45) is 2.39. The normalized spacial score (nSPS) is 15.9. The van der Waals surface area contributed by atoms with Crippen LogP contribution in [0.1, 0.15) is 36.5 Å². The van der Waals surface area contributed by atoms with E-state index in [2.05, 4.69) is 10.9 Å². The number of hydrogen-bond donors (Lipinski definition) is 2. The van der Waals surface area contributed by atoms with Gasteiger partial charge in [0.15, 0.2) is 0 Å². The topological polar surface area (TPSA) is 95.6 Å². The van der Waals surface area contributed by atoms with Crippen molar-refractivity contribution in [2.45, 2.75) is 31.1 Å². The number of nitrogens with zero attached hydrogens (tertiary/aromatic N) is 1. The Morgan fingerprint density at radius 3 is 2.39 bits per heavy atom. The quantitative estimate of drug-likeness (QED) is 0.793. The molecule has 1 fully saturated rings. The number of nitrogens with one attached hydrogen (secondary N) is 2. The minimum atomic E-state index is -3.99. The Morgan fingerprint density at radius 2 is 1.78 bits per heavy atom. The maximum atomic E-state index is 14.0. The first-order chi connectivity index (χ1) is 10.8. The van der Waals surface area contributed by atoms with Crippen LogP contribution in [0.15, 0.2) is 23.1 Å². The molecule has 0 aliphatic carbocycles. The smallest absolute Gasteiger partial charge is 0.269 e. The second-order valence-corrected chi connectivity index (χ2v) is 7.15. The van der Waals surface area contributed by atoms with E-state index in [9.17, 15) is 22.4 Å². The van der Waals surface area contributed by atoms with Crippen LogP contribution in [0.3, 0.4) is 0 Å². The lowest BCUT2D eigenvalue weighted by Gasteiger charge is -2.26. The zero-order chi connectivity index (χ0) is 17.0. The third kappa shape index (κ3) is 4.05. The van der Waals surface area contributed by atoms with Crippen molar-refractivity contribution in [3.8, 4) is 0 Å². The number of hydrazine groups is 1. The number of halogens is 1. The minimum absolute atomic E-state index is 0.0595. The van der Waals surface area contributed by atoms with Crippen LogP contribution in [0.5, 0.6) is 0 Å². The summed E-state index contributed by atoms with van der Waals surface area (Å²) in [5.74, 6) is -2.12. The van der Waals surface area contributed by atoms with E-state index in [0.717, 1.165) is 37.5 Å². The molecule has 0 spiro atoms. The molecule has 126 valence electrons. The molecule has 1 aliphatic heterocycles. The van der Waals surface area contributed by atoms with Gasteiger partial charge in [-0.1, -0.05) is 6.42 Å². The number of amides is 2. The van der Waals surface area contributed by atoms with Gasteiger partial charge in [0.1, 0.15) is 10.7 Å². The highest BCUT2D eigenvalue weighted by Crippen LogP contribution is 2.23. The first-order valence-electron chi connectivity index (χ1n) is 7.19. The van der Waals surface area contributed by atoms with Crippen molar-refractivity contribution in [3.05, 3.63) is 29.6 Å². The first-order valence-corrected chi connectivity index (χ1v) is 8.63. The maximum Gasteiger partial charge on any atom is 0.269 e. The lowest BCUT2D eigenvalue weighted by molar-refractivity contribution is -0.119. The molecule has 23 heavy (non-hydrogen) atoms. The molecule has 1 aromatic rings. The standard InChI is InChI=1S/C14H18FN3O4S/c1-10(19)16-17-14(20)11-5-6-12(15)13(9-11)23(21,22)18-7-3-2-4-8-18/h5-6,9H,2-4,7-8H2,1H3,(H,16,19)(H,17,20). The molecule has 0 aromatic heterocycles. The van der Waals surface area contributed by atoms with Crippen molar-refractivity contribution < 1.29 is 22.4 Å². The molecule has 2 N–H and O–H groups in total. The van der Waals surface area contributed by atoms with Crippen LogP contribution >= 0.6 is 0 Å². The van der Waals surface area contributed by atoms with E-state index in [4.69, 9.17) is 0 Å². The maximum absolute atomic E-state index is 14.0. The number of hydrogen-bond acceptors (Lipinski definition) is 4. The SMILES string of the molecule is CC(=O)NNC(=O)c1ccc(F)c(S(=O)(=O)N2CCCCC2)c1. The van der Waals surface area contributed by atoms with Crippen molar-refractivity contribution in [1.82, 2.24) is 15.2 Å². The van der Waals surface area contributed by atoms with Gasteiger partial charge in [-0.15, -0.1) is 0 Å². The summed E-state index contributed by atoms with van der Waals surface area (Å²) in [4.78, 5) is 22.1. The summed E-state index contributed by atoms with van der Waals surface area (Å²) in [5.41, 5.74) is 4.14. The van der Waals surface area contributed by atoms with Gasteiger partial charge in [0.05, 0.1) is 0 Å². The van der Waals surface area contributed by atoms with E-state index < -0.39 is 32.6 Å². The van der Waals surface area contributed by atoms with E-state index in [0.29, 0.717) is 13.1 Å². The Balaban J connectivity index is 2.29. The van der Waals surface area contributed by atoms with Crippen molar-refractivity contribution in [3.63, 3.8) is 0 Å².